The van der Waals surface area contributed by atoms with Crippen LogP contribution >= 0.6 is 24.0 Å². The summed E-state index contributed by atoms with van der Waals surface area (Å²) in [6.07, 6.45) is 5.19. The molecule has 0 fully saturated rings. The van der Waals surface area contributed by atoms with Crippen molar-refractivity contribution in [2.45, 2.75) is 46.5 Å². The van der Waals surface area contributed by atoms with E-state index in [1.165, 1.54) is 25.7 Å². The van der Waals surface area contributed by atoms with Gasteiger partial charge in [-0.05, 0) is 19.3 Å². The van der Waals surface area contributed by atoms with E-state index in [0.29, 0.717) is 0 Å². The van der Waals surface area contributed by atoms with Crippen molar-refractivity contribution in [2.24, 2.45) is 10.9 Å². The first kappa shape index (κ1) is 18.4. The second-order valence-corrected chi connectivity index (χ2v) is 3.90. The highest BCUT2D eigenvalue weighted by molar-refractivity contribution is 14.0. The molecule has 0 bridgehead atoms. The van der Waals surface area contributed by atoms with E-state index in [1.54, 1.807) is 0 Å². The largest absolute Gasteiger partial charge is 0.357 e. The summed E-state index contributed by atoms with van der Waals surface area (Å²) in [5.74, 6) is 1.70. The molecule has 1 atom stereocenters. The summed E-state index contributed by atoms with van der Waals surface area (Å²) in [5, 5.41) is 6.58. The van der Waals surface area contributed by atoms with Gasteiger partial charge in [0.05, 0.1) is 0 Å². The van der Waals surface area contributed by atoms with Gasteiger partial charge in [0.15, 0.2) is 5.96 Å². The van der Waals surface area contributed by atoms with Crippen LogP contribution in [0.1, 0.15) is 46.5 Å². The molecule has 0 aliphatic rings. The number of unbranched alkanes of at least 4 members (excludes halogenated alkanes) is 1. The third-order valence-corrected chi connectivity index (χ3v) is 2.67. The van der Waals surface area contributed by atoms with E-state index < -0.39 is 0 Å². The van der Waals surface area contributed by atoms with Crippen molar-refractivity contribution in [1.82, 2.24) is 10.6 Å². The number of rotatable bonds is 7. The number of aliphatic imine (C=N–C) groups is 1. The van der Waals surface area contributed by atoms with E-state index >= 15 is 0 Å². The molecule has 0 rings (SSSR count). The molecule has 0 radical (unpaired) electrons. The molecule has 16 heavy (non-hydrogen) atoms. The summed E-state index contributed by atoms with van der Waals surface area (Å²) in [7, 11) is 1.82. The predicted octanol–water partition coefficient (Wildman–Crippen LogP) is 3.01. The Balaban J connectivity index is 0. The fourth-order valence-corrected chi connectivity index (χ4v) is 1.57. The van der Waals surface area contributed by atoms with Gasteiger partial charge in [0, 0.05) is 20.1 Å². The van der Waals surface area contributed by atoms with Gasteiger partial charge < -0.3 is 10.6 Å². The summed E-state index contributed by atoms with van der Waals surface area (Å²) in [6, 6.07) is 0. The SMILES string of the molecule is CCCCC(CC)CNC(=NC)NCC.I. The van der Waals surface area contributed by atoms with Crippen molar-refractivity contribution in [3.8, 4) is 0 Å². The average Bonchev–Trinajstić information content (AvgIpc) is 2.27. The Kier molecular flexibility index (Phi) is 15.0. The molecule has 98 valence electrons. The normalized spacial score (nSPS) is 12.9. The number of nitrogens with one attached hydrogen (secondary N) is 2. The number of hydrogen-bond donors (Lipinski definition) is 2. The summed E-state index contributed by atoms with van der Waals surface area (Å²) in [4.78, 5) is 4.16. The first-order valence-electron chi connectivity index (χ1n) is 6.22. The molecule has 1 unspecified atom stereocenters. The molecule has 0 amide bonds. The summed E-state index contributed by atoms with van der Waals surface area (Å²) < 4.78 is 0. The molecule has 0 aromatic heterocycles. The second kappa shape index (κ2) is 13.1. The van der Waals surface area contributed by atoms with E-state index in [2.05, 4.69) is 36.4 Å². The van der Waals surface area contributed by atoms with Crippen LogP contribution in [-0.4, -0.2) is 26.1 Å². The van der Waals surface area contributed by atoms with E-state index in [0.717, 1.165) is 25.0 Å². The number of hydrogen-bond acceptors (Lipinski definition) is 1. The van der Waals surface area contributed by atoms with Crippen LogP contribution in [0.15, 0.2) is 4.99 Å². The standard InChI is InChI=1S/C12H27N3.HI/c1-5-8-9-11(6-2)10-15-12(13-4)14-7-3;/h11H,5-10H2,1-4H3,(H2,13,14,15);1H. The third-order valence-electron chi connectivity index (χ3n) is 2.67. The molecule has 4 heteroatoms. The molecule has 3 nitrogen and oxygen atoms in total. The first-order valence-corrected chi connectivity index (χ1v) is 6.22. The molecule has 0 spiro atoms. The Morgan fingerprint density at radius 2 is 1.88 bits per heavy atom. The van der Waals surface area contributed by atoms with E-state index in [9.17, 15) is 0 Å². The lowest BCUT2D eigenvalue weighted by Crippen LogP contribution is -2.39. The zero-order chi connectivity index (χ0) is 11.5. The highest BCUT2D eigenvalue weighted by Crippen LogP contribution is 2.10. The fraction of sp³-hybridized carbons (Fsp3) is 0.917. The number of nitrogens with zero attached hydrogens (tertiary/aromatic N) is 1. The van der Waals surface area contributed by atoms with Gasteiger partial charge in [0.2, 0.25) is 0 Å². The number of halogens is 1. The Labute approximate surface area is 118 Å². The zero-order valence-corrected chi connectivity index (χ0v) is 13.5. The van der Waals surface area contributed by atoms with Gasteiger partial charge in [0.25, 0.3) is 0 Å². The minimum absolute atomic E-state index is 0. The van der Waals surface area contributed by atoms with Gasteiger partial charge in [0.1, 0.15) is 0 Å². The van der Waals surface area contributed by atoms with Crippen molar-refractivity contribution < 1.29 is 0 Å². The predicted molar refractivity (Wildman–Crippen MR) is 83.8 cm³/mol. The fourth-order valence-electron chi connectivity index (χ4n) is 1.57. The minimum atomic E-state index is 0. The summed E-state index contributed by atoms with van der Waals surface area (Å²) in [6.45, 7) is 8.55. The monoisotopic (exact) mass is 341 g/mol. The van der Waals surface area contributed by atoms with Gasteiger partial charge in [-0.2, -0.15) is 0 Å². The van der Waals surface area contributed by atoms with Crippen LogP contribution in [0.25, 0.3) is 0 Å². The molecule has 0 aliphatic carbocycles. The highest BCUT2D eigenvalue weighted by atomic mass is 127. The smallest absolute Gasteiger partial charge is 0.190 e. The Bertz CT molecular complexity index is 172. The Morgan fingerprint density at radius 3 is 2.31 bits per heavy atom. The van der Waals surface area contributed by atoms with Crippen LogP contribution in [0, 0.1) is 5.92 Å². The van der Waals surface area contributed by atoms with Gasteiger partial charge in [-0.25, -0.2) is 0 Å². The van der Waals surface area contributed by atoms with E-state index in [-0.39, 0.29) is 24.0 Å². The van der Waals surface area contributed by atoms with Crippen molar-refractivity contribution in [3.05, 3.63) is 0 Å². The molecular weight excluding hydrogens is 313 g/mol. The van der Waals surface area contributed by atoms with Crippen molar-refractivity contribution in [1.29, 1.82) is 0 Å². The molecule has 0 aromatic carbocycles. The van der Waals surface area contributed by atoms with Crippen molar-refractivity contribution in [3.63, 3.8) is 0 Å². The molecule has 2 N–H and O–H groups in total. The quantitative estimate of drug-likeness (QED) is 0.424. The topological polar surface area (TPSA) is 36.4 Å². The molecule has 0 saturated carbocycles. The maximum Gasteiger partial charge on any atom is 0.190 e. The summed E-state index contributed by atoms with van der Waals surface area (Å²) in [5.41, 5.74) is 0. The highest BCUT2D eigenvalue weighted by Gasteiger charge is 2.06. The lowest BCUT2D eigenvalue weighted by Gasteiger charge is -2.17. The maximum atomic E-state index is 4.16. The molecule has 0 saturated heterocycles. The lowest BCUT2D eigenvalue weighted by atomic mass is 9.99. The third kappa shape index (κ3) is 9.24. The van der Waals surface area contributed by atoms with Crippen LogP contribution in [0.5, 0.6) is 0 Å². The van der Waals surface area contributed by atoms with E-state index in [4.69, 9.17) is 0 Å². The molecular formula is C12H28IN3. The van der Waals surface area contributed by atoms with E-state index in [1.807, 2.05) is 7.05 Å². The minimum Gasteiger partial charge on any atom is -0.357 e. The van der Waals surface area contributed by atoms with Gasteiger partial charge in [-0.3, -0.25) is 4.99 Å². The Morgan fingerprint density at radius 1 is 1.19 bits per heavy atom. The lowest BCUT2D eigenvalue weighted by molar-refractivity contribution is 0.444. The Hall–Kier alpha value is 0. The molecule has 0 heterocycles. The van der Waals surface area contributed by atoms with Gasteiger partial charge in [-0.15, -0.1) is 24.0 Å². The van der Waals surface area contributed by atoms with Crippen LogP contribution in [0.3, 0.4) is 0 Å². The average molecular weight is 341 g/mol. The summed E-state index contributed by atoms with van der Waals surface area (Å²) >= 11 is 0. The molecule has 0 aliphatic heterocycles. The second-order valence-electron chi connectivity index (χ2n) is 3.90. The number of guanidine groups is 1. The van der Waals surface area contributed by atoms with Gasteiger partial charge in [-0.1, -0.05) is 33.1 Å². The zero-order valence-electron chi connectivity index (χ0n) is 11.2. The van der Waals surface area contributed by atoms with Crippen LogP contribution in [0.2, 0.25) is 0 Å². The first-order chi connectivity index (χ1) is 7.28. The van der Waals surface area contributed by atoms with Crippen LogP contribution in [0.4, 0.5) is 0 Å². The van der Waals surface area contributed by atoms with Crippen LogP contribution in [-0.2, 0) is 0 Å². The van der Waals surface area contributed by atoms with Crippen LogP contribution < -0.4 is 10.6 Å². The maximum absolute atomic E-state index is 4.16. The van der Waals surface area contributed by atoms with Gasteiger partial charge >= 0.3 is 0 Å². The molecule has 0 aromatic rings. The van der Waals surface area contributed by atoms with Crippen molar-refractivity contribution in [2.75, 3.05) is 20.1 Å². The van der Waals surface area contributed by atoms with Crippen molar-refractivity contribution >= 4 is 29.9 Å².